The van der Waals surface area contributed by atoms with Crippen molar-refractivity contribution in [3.05, 3.63) is 0 Å². The Bertz CT molecular complexity index is 334. The molecule has 1 aliphatic heterocycles. The van der Waals surface area contributed by atoms with Gasteiger partial charge in [0.1, 0.15) is 0 Å². The average Bonchev–Trinajstić information content (AvgIpc) is 2.37. The number of likely N-dealkylation sites (tertiary alicyclic amines) is 1. The van der Waals surface area contributed by atoms with Crippen LogP contribution in [0.25, 0.3) is 0 Å². The molecule has 19 heavy (non-hydrogen) atoms. The molecule has 0 aliphatic carbocycles. The number of hydrogen-bond donors (Lipinski definition) is 2. The van der Waals surface area contributed by atoms with Crippen LogP contribution in [0.1, 0.15) is 26.7 Å². The Labute approximate surface area is 114 Å². The topological polar surface area (TPSA) is 72.9 Å². The van der Waals surface area contributed by atoms with Crippen molar-refractivity contribution in [3.8, 4) is 0 Å². The number of rotatable bonds is 3. The van der Waals surface area contributed by atoms with Gasteiger partial charge in [-0.15, -0.1) is 0 Å². The lowest BCUT2D eigenvalue weighted by atomic mass is 9.94. The summed E-state index contributed by atoms with van der Waals surface area (Å²) in [6.07, 6.45) is 1.35. The van der Waals surface area contributed by atoms with Crippen LogP contribution >= 0.6 is 0 Å². The van der Waals surface area contributed by atoms with E-state index in [1.807, 2.05) is 0 Å². The summed E-state index contributed by atoms with van der Waals surface area (Å²) in [5, 5.41) is 12.0. The van der Waals surface area contributed by atoms with Gasteiger partial charge in [0, 0.05) is 33.1 Å². The average molecular weight is 271 g/mol. The fourth-order valence-electron chi connectivity index (χ4n) is 2.09. The van der Waals surface area contributed by atoms with E-state index < -0.39 is 5.54 Å². The lowest BCUT2D eigenvalue weighted by Crippen LogP contribution is -2.51. The Morgan fingerprint density at radius 1 is 1.32 bits per heavy atom. The van der Waals surface area contributed by atoms with Crippen molar-refractivity contribution in [1.29, 1.82) is 0 Å². The molecule has 1 rings (SSSR count). The number of aliphatic hydroxyl groups excluding tert-OH is 1. The zero-order valence-electron chi connectivity index (χ0n) is 12.3. The van der Waals surface area contributed by atoms with E-state index in [1.165, 1.54) is 0 Å². The van der Waals surface area contributed by atoms with Crippen molar-refractivity contribution in [2.24, 2.45) is 5.92 Å². The van der Waals surface area contributed by atoms with Crippen LogP contribution in [0.4, 0.5) is 4.79 Å². The molecule has 1 fully saturated rings. The van der Waals surface area contributed by atoms with E-state index in [1.54, 1.807) is 37.7 Å². The van der Waals surface area contributed by atoms with Crippen molar-refractivity contribution in [1.82, 2.24) is 15.1 Å². The first-order chi connectivity index (χ1) is 8.76. The van der Waals surface area contributed by atoms with Crippen LogP contribution in [0.2, 0.25) is 0 Å². The van der Waals surface area contributed by atoms with E-state index in [2.05, 4.69) is 5.32 Å². The third kappa shape index (κ3) is 4.38. The molecule has 0 saturated carbocycles. The van der Waals surface area contributed by atoms with E-state index in [9.17, 15) is 9.59 Å². The first-order valence-corrected chi connectivity index (χ1v) is 6.66. The molecular weight excluding hydrogens is 246 g/mol. The number of carbonyl (C=O) groups is 2. The molecule has 0 atom stereocenters. The maximum absolute atomic E-state index is 12.0. The van der Waals surface area contributed by atoms with Gasteiger partial charge >= 0.3 is 6.03 Å². The third-order valence-corrected chi connectivity index (χ3v) is 3.38. The fraction of sp³-hybridized carbons (Fsp3) is 0.846. The second-order valence-corrected chi connectivity index (χ2v) is 5.97. The Morgan fingerprint density at radius 2 is 1.84 bits per heavy atom. The maximum Gasteiger partial charge on any atom is 0.319 e. The monoisotopic (exact) mass is 271 g/mol. The second kappa shape index (κ2) is 6.23. The van der Waals surface area contributed by atoms with Crippen LogP contribution in [0, 0.1) is 5.92 Å². The summed E-state index contributed by atoms with van der Waals surface area (Å²) in [7, 11) is 3.45. The Morgan fingerprint density at radius 3 is 2.26 bits per heavy atom. The van der Waals surface area contributed by atoms with Gasteiger partial charge in [-0.25, -0.2) is 4.79 Å². The number of amides is 3. The molecule has 0 aromatic rings. The van der Waals surface area contributed by atoms with Crippen LogP contribution in [0.15, 0.2) is 0 Å². The van der Waals surface area contributed by atoms with Crippen LogP contribution in [0.3, 0.4) is 0 Å². The summed E-state index contributed by atoms with van der Waals surface area (Å²) in [6.45, 7) is 4.70. The lowest BCUT2D eigenvalue weighted by Gasteiger charge is -2.34. The molecule has 1 saturated heterocycles. The highest BCUT2D eigenvalue weighted by Gasteiger charge is 2.30. The molecule has 2 N–H and O–H groups in total. The molecule has 3 amide bonds. The summed E-state index contributed by atoms with van der Waals surface area (Å²) < 4.78 is 0. The zero-order valence-corrected chi connectivity index (χ0v) is 12.3. The fourth-order valence-corrected chi connectivity index (χ4v) is 2.09. The predicted octanol–water partition coefficient (Wildman–Crippen LogP) is 0.267. The number of hydrogen-bond acceptors (Lipinski definition) is 3. The van der Waals surface area contributed by atoms with Crippen LogP contribution in [-0.4, -0.2) is 66.2 Å². The molecule has 6 nitrogen and oxygen atoms in total. The Balaban J connectivity index is 2.46. The highest BCUT2D eigenvalue weighted by atomic mass is 16.3. The summed E-state index contributed by atoms with van der Waals surface area (Å²) >= 11 is 0. The molecule has 6 heteroatoms. The minimum Gasteiger partial charge on any atom is -0.394 e. The van der Waals surface area contributed by atoms with Gasteiger partial charge in [0.05, 0.1) is 12.1 Å². The Kier molecular flexibility index (Phi) is 5.17. The van der Waals surface area contributed by atoms with Crippen molar-refractivity contribution >= 4 is 11.9 Å². The van der Waals surface area contributed by atoms with Gasteiger partial charge in [0.15, 0.2) is 0 Å². The summed E-state index contributed by atoms with van der Waals surface area (Å²) in [5.74, 6) is -0.104. The molecule has 0 aromatic heterocycles. The van der Waals surface area contributed by atoms with Gasteiger partial charge in [0.25, 0.3) is 0 Å². The molecule has 0 bridgehead atoms. The van der Waals surface area contributed by atoms with E-state index in [0.717, 1.165) is 0 Å². The molecule has 0 spiro atoms. The van der Waals surface area contributed by atoms with E-state index >= 15 is 0 Å². The third-order valence-electron chi connectivity index (χ3n) is 3.38. The van der Waals surface area contributed by atoms with Crippen molar-refractivity contribution < 1.29 is 14.7 Å². The van der Waals surface area contributed by atoms with E-state index in [0.29, 0.717) is 25.9 Å². The Hall–Kier alpha value is -1.30. The molecular formula is C13H25N3O3. The summed E-state index contributed by atoms with van der Waals surface area (Å²) in [6, 6.07) is -0.00505. The number of carbonyl (C=O) groups excluding carboxylic acids is 2. The van der Waals surface area contributed by atoms with Crippen molar-refractivity contribution in [2.75, 3.05) is 33.8 Å². The SMILES string of the molecule is CN(C)C(=O)N1CCC(C(=O)NC(C)(C)CO)CC1. The number of nitrogens with zero attached hydrogens (tertiary/aromatic N) is 2. The molecule has 0 unspecified atom stereocenters. The van der Waals surface area contributed by atoms with Crippen molar-refractivity contribution in [3.63, 3.8) is 0 Å². The minimum absolute atomic E-state index is 0.00505. The molecule has 0 radical (unpaired) electrons. The van der Waals surface area contributed by atoms with Gasteiger partial charge in [-0.3, -0.25) is 4.79 Å². The quantitative estimate of drug-likeness (QED) is 0.773. The minimum atomic E-state index is -0.590. The smallest absolute Gasteiger partial charge is 0.319 e. The van der Waals surface area contributed by atoms with Gasteiger partial charge in [-0.05, 0) is 26.7 Å². The molecule has 1 heterocycles. The molecule has 1 aliphatic rings. The normalized spacial score (nSPS) is 17.2. The van der Waals surface area contributed by atoms with E-state index in [4.69, 9.17) is 5.11 Å². The zero-order chi connectivity index (χ0) is 14.6. The number of nitrogens with one attached hydrogen (secondary N) is 1. The molecule has 0 aromatic carbocycles. The van der Waals surface area contributed by atoms with Crippen molar-refractivity contribution in [2.45, 2.75) is 32.2 Å². The van der Waals surface area contributed by atoms with Gasteiger partial charge < -0.3 is 20.2 Å². The largest absolute Gasteiger partial charge is 0.394 e. The first-order valence-electron chi connectivity index (χ1n) is 6.66. The van der Waals surface area contributed by atoms with Crippen LogP contribution in [-0.2, 0) is 4.79 Å². The number of aliphatic hydroxyl groups is 1. The van der Waals surface area contributed by atoms with Crippen LogP contribution < -0.4 is 5.32 Å². The number of piperidine rings is 1. The van der Waals surface area contributed by atoms with E-state index in [-0.39, 0.29) is 24.5 Å². The molecule has 110 valence electrons. The summed E-state index contributed by atoms with van der Waals surface area (Å²) in [5.41, 5.74) is -0.590. The van der Waals surface area contributed by atoms with Gasteiger partial charge in [-0.2, -0.15) is 0 Å². The van der Waals surface area contributed by atoms with Crippen LogP contribution in [0.5, 0.6) is 0 Å². The second-order valence-electron chi connectivity index (χ2n) is 5.97. The highest BCUT2D eigenvalue weighted by Crippen LogP contribution is 2.19. The standard InChI is InChI=1S/C13H25N3O3/c1-13(2,9-17)14-11(18)10-5-7-16(8-6-10)12(19)15(3)4/h10,17H,5-9H2,1-4H3,(H,14,18). The van der Waals surface area contributed by atoms with Gasteiger partial charge in [0.2, 0.25) is 5.91 Å². The number of urea groups is 1. The highest BCUT2D eigenvalue weighted by molar-refractivity contribution is 5.80. The first kappa shape index (κ1) is 15.8. The maximum atomic E-state index is 12.0. The van der Waals surface area contributed by atoms with Gasteiger partial charge in [-0.1, -0.05) is 0 Å². The lowest BCUT2D eigenvalue weighted by molar-refractivity contribution is -0.128. The summed E-state index contributed by atoms with van der Waals surface area (Å²) in [4.78, 5) is 27.1. The predicted molar refractivity (Wildman–Crippen MR) is 72.7 cm³/mol.